The van der Waals surface area contributed by atoms with E-state index >= 15 is 0 Å². The zero-order valence-corrected chi connectivity index (χ0v) is 13.0. The summed E-state index contributed by atoms with van der Waals surface area (Å²) in [5.74, 6) is -0.892. The van der Waals surface area contributed by atoms with Crippen LogP contribution in [-0.2, 0) is 6.54 Å². The highest BCUT2D eigenvalue weighted by Gasteiger charge is 2.06. The second-order valence-corrected chi connectivity index (χ2v) is 5.76. The molecule has 0 heterocycles. The maximum absolute atomic E-state index is 10.8. The first-order valence-electron chi connectivity index (χ1n) is 6.79. The molecule has 0 aliphatic rings. The number of thioether (sulfide) groups is 1. The van der Waals surface area contributed by atoms with Gasteiger partial charge in [0.25, 0.3) is 0 Å². The fraction of sp³-hybridized carbons (Fsp3) is 0.235. The number of hydrogen-bond donors (Lipinski definition) is 2. The molecular weight excluding hydrogens is 282 g/mol. The van der Waals surface area contributed by atoms with Gasteiger partial charge in [-0.2, -0.15) is 0 Å². The van der Waals surface area contributed by atoms with Crippen molar-refractivity contribution in [2.75, 3.05) is 6.26 Å². The lowest BCUT2D eigenvalue weighted by atomic mass is 10.1. The van der Waals surface area contributed by atoms with Crippen molar-refractivity contribution in [2.45, 2.75) is 24.4 Å². The molecule has 0 aliphatic heterocycles. The van der Waals surface area contributed by atoms with Crippen molar-refractivity contribution in [3.05, 3.63) is 65.2 Å². The third-order valence-electron chi connectivity index (χ3n) is 3.43. The van der Waals surface area contributed by atoms with E-state index in [0.717, 1.165) is 5.56 Å². The first kappa shape index (κ1) is 15.6. The molecule has 2 aromatic rings. The van der Waals surface area contributed by atoms with Gasteiger partial charge in [-0.3, -0.25) is 0 Å². The fourth-order valence-corrected chi connectivity index (χ4v) is 2.45. The maximum Gasteiger partial charge on any atom is 0.335 e. The number of nitrogens with one attached hydrogen (secondary N) is 1. The van der Waals surface area contributed by atoms with Crippen molar-refractivity contribution < 1.29 is 9.90 Å². The molecule has 3 nitrogen and oxygen atoms in total. The minimum atomic E-state index is -0.892. The van der Waals surface area contributed by atoms with Gasteiger partial charge in [-0.25, -0.2) is 4.79 Å². The average Bonchev–Trinajstić information content (AvgIpc) is 2.53. The number of rotatable bonds is 6. The normalized spacial score (nSPS) is 12.1. The molecule has 0 aromatic heterocycles. The molecule has 0 aliphatic carbocycles. The molecule has 2 rings (SSSR count). The molecule has 0 fully saturated rings. The Hall–Kier alpha value is -1.78. The van der Waals surface area contributed by atoms with E-state index in [0.29, 0.717) is 12.1 Å². The van der Waals surface area contributed by atoms with Crippen molar-refractivity contribution in [2.24, 2.45) is 0 Å². The molecule has 2 N–H and O–H groups in total. The summed E-state index contributed by atoms with van der Waals surface area (Å²) in [6, 6.07) is 15.7. The Bertz CT molecular complexity index is 593. The second kappa shape index (κ2) is 7.29. The second-order valence-electron chi connectivity index (χ2n) is 4.88. The van der Waals surface area contributed by atoms with Crippen molar-refractivity contribution in [1.82, 2.24) is 5.32 Å². The number of carbonyl (C=O) groups is 1. The molecule has 1 unspecified atom stereocenters. The van der Waals surface area contributed by atoms with E-state index in [-0.39, 0.29) is 6.04 Å². The summed E-state index contributed by atoms with van der Waals surface area (Å²) < 4.78 is 0. The lowest BCUT2D eigenvalue weighted by molar-refractivity contribution is 0.0697. The smallest absolute Gasteiger partial charge is 0.335 e. The van der Waals surface area contributed by atoms with E-state index < -0.39 is 5.97 Å². The predicted molar refractivity (Wildman–Crippen MR) is 86.9 cm³/mol. The number of carboxylic acids is 1. The lowest BCUT2D eigenvalue weighted by Crippen LogP contribution is -2.18. The van der Waals surface area contributed by atoms with Gasteiger partial charge in [0.05, 0.1) is 5.56 Å². The molecule has 0 bridgehead atoms. The molecular formula is C17H19NO2S. The summed E-state index contributed by atoms with van der Waals surface area (Å²) in [4.78, 5) is 12.1. The van der Waals surface area contributed by atoms with Crippen molar-refractivity contribution in [3.8, 4) is 0 Å². The highest BCUT2D eigenvalue weighted by molar-refractivity contribution is 7.98. The molecule has 21 heavy (non-hydrogen) atoms. The van der Waals surface area contributed by atoms with Gasteiger partial charge in [0.15, 0.2) is 0 Å². The quantitative estimate of drug-likeness (QED) is 0.793. The molecule has 0 saturated heterocycles. The minimum absolute atomic E-state index is 0.250. The first-order valence-corrected chi connectivity index (χ1v) is 8.02. The van der Waals surface area contributed by atoms with E-state index in [9.17, 15) is 4.79 Å². The van der Waals surface area contributed by atoms with Crippen LogP contribution < -0.4 is 5.32 Å². The Balaban J connectivity index is 1.93. The van der Waals surface area contributed by atoms with Crippen LogP contribution in [0.15, 0.2) is 53.4 Å². The summed E-state index contributed by atoms with van der Waals surface area (Å²) in [5.41, 5.74) is 2.64. The number of benzene rings is 2. The highest BCUT2D eigenvalue weighted by Crippen LogP contribution is 2.19. The van der Waals surface area contributed by atoms with E-state index in [1.54, 1.807) is 23.9 Å². The highest BCUT2D eigenvalue weighted by atomic mass is 32.2. The van der Waals surface area contributed by atoms with Gasteiger partial charge in [0, 0.05) is 17.5 Å². The van der Waals surface area contributed by atoms with E-state index in [1.165, 1.54) is 10.5 Å². The van der Waals surface area contributed by atoms with Gasteiger partial charge in [-0.15, -0.1) is 11.8 Å². The van der Waals surface area contributed by atoms with Gasteiger partial charge < -0.3 is 10.4 Å². The Morgan fingerprint density at radius 1 is 1.14 bits per heavy atom. The minimum Gasteiger partial charge on any atom is -0.478 e. The molecule has 4 heteroatoms. The largest absolute Gasteiger partial charge is 0.478 e. The zero-order chi connectivity index (χ0) is 15.2. The molecule has 0 radical (unpaired) electrons. The monoisotopic (exact) mass is 301 g/mol. The molecule has 1 atom stereocenters. The van der Waals surface area contributed by atoms with Crippen LogP contribution >= 0.6 is 11.8 Å². The maximum atomic E-state index is 10.8. The van der Waals surface area contributed by atoms with Crippen LogP contribution in [0.5, 0.6) is 0 Å². The standard InChI is InChI=1S/C17H19NO2S/c1-12(14-7-9-16(21-2)10-8-14)18-11-13-3-5-15(6-4-13)17(19)20/h3-10,12,18H,11H2,1-2H3,(H,19,20). The number of hydrogen-bond acceptors (Lipinski definition) is 3. The van der Waals surface area contributed by atoms with Crippen LogP contribution in [0.4, 0.5) is 0 Å². The Kier molecular flexibility index (Phi) is 5.42. The zero-order valence-electron chi connectivity index (χ0n) is 12.2. The predicted octanol–water partition coefficient (Wildman–Crippen LogP) is 3.96. The van der Waals surface area contributed by atoms with Gasteiger partial charge in [0.2, 0.25) is 0 Å². The average molecular weight is 301 g/mol. The first-order chi connectivity index (χ1) is 10.1. The topological polar surface area (TPSA) is 49.3 Å². The van der Waals surface area contributed by atoms with Crippen molar-refractivity contribution in [3.63, 3.8) is 0 Å². The van der Waals surface area contributed by atoms with E-state index in [4.69, 9.17) is 5.11 Å². The van der Waals surface area contributed by atoms with Crippen LogP contribution in [0.25, 0.3) is 0 Å². The molecule has 2 aromatic carbocycles. The van der Waals surface area contributed by atoms with Crippen LogP contribution in [0.2, 0.25) is 0 Å². The van der Waals surface area contributed by atoms with Crippen LogP contribution in [0.3, 0.4) is 0 Å². The summed E-state index contributed by atoms with van der Waals surface area (Å²) in [5, 5.41) is 12.3. The van der Waals surface area contributed by atoms with Crippen molar-refractivity contribution in [1.29, 1.82) is 0 Å². The Morgan fingerprint density at radius 2 is 1.76 bits per heavy atom. The SMILES string of the molecule is CSc1ccc(C(C)NCc2ccc(C(=O)O)cc2)cc1. The number of carboxylic acid groups (broad SMARTS) is 1. The van der Waals surface area contributed by atoms with Gasteiger partial charge in [0.1, 0.15) is 0 Å². The lowest BCUT2D eigenvalue weighted by Gasteiger charge is -2.15. The third kappa shape index (κ3) is 4.34. The molecule has 0 amide bonds. The molecule has 0 saturated carbocycles. The summed E-state index contributed by atoms with van der Waals surface area (Å²) in [6.45, 7) is 2.84. The van der Waals surface area contributed by atoms with Gasteiger partial charge in [-0.05, 0) is 48.6 Å². The van der Waals surface area contributed by atoms with Crippen LogP contribution in [0.1, 0.15) is 34.5 Å². The van der Waals surface area contributed by atoms with E-state index in [2.05, 4.69) is 42.8 Å². The van der Waals surface area contributed by atoms with Gasteiger partial charge in [-0.1, -0.05) is 24.3 Å². The molecule has 110 valence electrons. The van der Waals surface area contributed by atoms with Gasteiger partial charge >= 0.3 is 5.97 Å². The third-order valence-corrected chi connectivity index (χ3v) is 4.17. The summed E-state index contributed by atoms with van der Waals surface area (Å²) >= 11 is 1.73. The summed E-state index contributed by atoms with van der Waals surface area (Å²) in [7, 11) is 0. The number of aromatic carboxylic acids is 1. The van der Waals surface area contributed by atoms with Crippen molar-refractivity contribution >= 4 is 17.7 Å². The molecule has 0 spiro atoms. The fourth-order valence-electron chi connectivity index (χ4n) is 2.05. The van der Waals surface area contributed by atoms with E-state index in [1.807, 2.05) is 12.1 Å². The summed E-state index contributed by atoms with van der Waals surface area (Å²) in [6.07, 6.45) is 2.07. The van der Waals surface area contributed by atoms with Crippen LogP contribution in [0, 0.1) is 0 Å². The Morgan fingerprint density at radius 3 is 2.29 bits per heavy atom. The van der Waals surface area contributed by atoms with Crippen LogP contribution in [-0.4, -0.2) is 17.3 Å². The Labute approximate surface area is 129 Å².